The van der Waals surface area contributed by atoms with Gasteiger partial charge in [0.2, 0.25) is 5.89 Å². The van der Waals surface area contributed by atoms with Gasteiger partial charge in [-0.25, -0.2) is 14.3 Å². The fourth-order valence-corrected chi connectivity index (χ4v) is 5.43. The minimum absolute atomic E-state index is 0.0135. The summed E-state index contributed by atoms with van der Waals surface area (Å²) in [5.74, 6) is -0.439. The Hall–Kier alpha value is -3.74. The van der Waals surface area contributed by atoms with Crippen LogP contribution in [0, 0.1) is 6.92 Å². The number of fused-ring (bicyclic) bond motifs is 1. The molecule has 1 aliphatic heterocycles. The molecule has 1 N–H and O–H groups in total. The number of carboxylic acid groups (broad SMARTS) is 1. The lowest BCUT2D eigenvalue weighted by molar-refractivity contribution is -0.239. The van der Waals surface area contributed by atoms with Crippen molar-refractivity contribution in [2.45, 2.75) is 38.8 Å². The summed E-state index contributed by atoms with van der Waals surface area (Å²) >= 11 is 1.18. The molecular formula is C24H23N3O8S. The third-order valence-electron chi connectivity index (χ3n) is 6.02. The molecule has 1 fully saturated rings. The van der Waals surface area contributed by atoms with Crippen LogP contribution in [0.15, 0.2) is 50.7 Å². The smallest absolute Gasteiger partial charge is 0.332 e. The topological polar surface area (TPSA) is 135 Å². The van der Waals surface area contributed by atoms with Crippen LogP contribution in [-0.4, -0.2) is 45.2 Å². The van der Waals surface area contributed by atoms with E-state index in [1.807, 2.05) is 18.2 Å². The van der Waals surface area contributed by atoms with E-state index in [0.29, 0.717) is 45.5 Å². The van der Waals surface area contributed by atoms with Gasteiger partial charge >= 0.3 is 11.7 Å². The first-order valence-electron chi connectivity index (χ1n) is 11.2. The summed E-state index contributed by atoms with van der Waals surface area (Å²) in [4.78, 5) is 43.5. The first kappa shape index (κ1) is 24.0. The molecule has 0 aliphatic carbocycles. The zero-order valence-electron chi connectivity index (χ0n) is 19.5. The lowest BCUT2D eigenvalue weighted by Crippen LogP contribution is -2.42. The fourth-order valence-electron chi connectivity index (χ4n) is 4.19. The number of oxazole rings is 1. The molecule has 4 heterocycles. The van der Waals surface area contributed by atoms with Crippen molar-refractivity contribution in [2.24, 2.45) is 0 Å². The number of methoxy groups -OCH3 is 1. The molecule has 188 valence electrons. The number of hydrogen-bond acceptors (Lipinski definition) is 9. The van der Waals surface area contributed by atoms with Gasteiger partial charge in [0.1, 0.15) is 29.5 Å². The molecular weight excluding hydrogens is 490 g/mol. The van der Waals surface area contributed by atoms with Gasteiger partial charge in [-0.1, -0.05) is 18.2 Å². The Morgan fingerprint density at radius 2 is 2.08 bits per heavy atom. The van der Waals surface area contributed by atoms with Crippen molar-refractivity contribution in [1.29, 1.82) is 0 Å². The van der Waals surface area contributed by atoms with Crippen LogP contribution in [0.2, 0.25) is 0 Å². The molecule has 0 spiro atoms. The lowest BCUT2D eigenvalue weighted by atomic mass is 10.1. The van der Waals surface area contributed by atoms with Crippen molar-refractivity contribution in [3.8, 4) is 16.5 Å². The molecule has 1 aliphatic rings. The van der Waals surface area contributed by atoms with Crippen LogP contribution in [0.25, 0.3) is 21.0 Å². The quantitative estimate of drug-likeness (QED) is 0.358. The summed E-state index contributed by atoms with van der Waals surface area (Å²) in [6, 6.07) is 7.26. The third kappa shape index (κ3) is 4.23. The number of aliphatic carboxylic acids is 1. The molecule has 0 radical (unpaired) electrons. The molecule has 0 bridgehead atoms. The van der Waals surface area contributed by atoms with E-state index < -0.39 is 36.2 Å². The minimum Gasteiger partial charge on any atom is -0.496 e. The molecule has 0 saturated carbocycles. The van der Waals surface area contributed by atoms with Crippen LogP contribution < -0.4 is 16.0 Å². The Morgan fingerprint density at radius 1 is 1.31 bits per heavy atom. The number of benzene rings is 1. The molecule has 36 heavy (non-hydrogen) atoms. The maximum Gasteiger partial charge on any atom is 0.332 e. The number of carbonyl (C=O) groups is 1. The highest BCUT2D eigenvalue weighted by Gasteiger charge is 2.29. The maximum absolute atomic E-state index is 13.5. The Kier molecular flexibility index (Phi) is 6.48. The van der Waals surface area contributed by atoms with E-state index in [2.05, 4.69) is 4.98 Å². The van der Waals surface area contributed by atoms with E-state index in [9.17, 15) is 19.5 Å². The van der Waals surface area contributed by atoms with Crippen LogP contribution in [0.5, 0.6) is 5.75 Å². The zero-order chi connectivity index (χ0) is 25.4. The number of rotatable bonds is 9. The Morgan fingerprint density at radius 3 is 2.72 bits per heavy atom. The second kappa shape index (κ2) is 9.72. The van der Waals surface area contributed by atoms with Crippen molar-refractivity contribution in [2.75, 3.05) is 13.7 Å². The maximum atomic E-state index is 13.5. The third-order valence-corrected chi connectivity index (χ3v) is 7.32. The van der Waals surface area contributed by atoms with Crippen molar-refractivity contribution >= 4 is 27.5 Å². The van der Waals surface area contributed by atoms with Crippen LogP contribution in [0.3, 0.4) is 0 Å². The average Bonchev–Trinajstić information content (AvgIpc) is 3.48. The summed E-state index contributed by atoms with van der Waals surface area (Å²) < 4.78 is 24.7. The summed E-state index contributed by atoms with van der Waals surface area (Å²) in [6.07, 6.45) is 2.46. The Labute approximate surface area is 208 Å². The van der Waals surface area contributed by atoms with Crippen molar-refractivity contribution in [3.05, 3.63) is 68.7 Å². The molecule has 3 aromatic heterocycles. The molecule has 12 heteroatoms. The van der Waals surface area contributed by atoms with Crippen molar-refractivity contribution in [1.82, 2.24) is 14.1 Å². The molecule has 0 amide bonds. The molecule has 11 nitrogen and oxygen atoms in total. The number of nitrogens with zero attached hydrogens (tertiary/aromatic N) is 3. The molecule has 5 rings (SSSR count). The highest BCUT2D eigenvalue weighted by Crippen LogP contribution is 2.37. The highest BCUT2D eigenvalue weighted by molar-refractivity contribution is 7.22. The standard InChI is InChI=1S/C24H23N3O8S/c1-13-19-22(30)26(12-17(28)29)24(31)27(23(19)36-20(13)21-25-8-10-34-21)11-16(35-18-7-9-33-18)14-5-3-4-6-15(14)32-2/h3-6,8,10,16,18H,7,9,11-12H2,1-2H3,(H,28,29)/t16-,18?/m0/s1. The first-order chi connectivity index (χ1) is 17.4. The van der Waals surface area contributed by atoms with E-state index in [1.165, 1.54) is 28.4 Å². The van der Waals surface area contributed by atoms with Crippen molar-refractivity contribution < 1.29 is 28.5 Å². The largest absolute Gasteiger partial charge is 0.496 e. The molecule has 2 atom stereocenters. The second-order valence-corrected chi connectivity index (χ2v) is 9.21. The van der Waals surface area contributed by atoms with Gasteiger partial charge in [0.15, 0.2) is 6.29 Å². The van der Waals surface area contributed by atoms with Gasteiger partial charge in [-0.15, -0.1) is 11.3 Å². The number of thiophene rings is 1. The lowest BCUT2D eigenvalue weighted by Gasteiger charge is -2.32. The van der Waals surface area contributed by atoms with Crippen LogP contribution >= 0.6 is 11.3 Å². The Balaban J connectivity index is 1.72. The molecule has 1 unspecified atom stereocenters. The number of para-hydroxylation sites is 1. The second-order valence-electron chi connectivity index (χ2n) is 8.21. The number of aromatic nitrogens is 3. The van der Waals surface area contributed by atoms with E-state index in [0.717, 1.165) is 4.57 Å². The highest BCUT2D eigenvalue weighted by atomic mass is 32.1. The molecule has 1 aromatic carbocycles. The summed E-state index contributed by atoms with van der Waals surface area (Å²) in [7, 11) is 1.54. The summed E-state index contributed by atoms with van der Waals surface area (Å²) in [6.45, 7) is 1.50. The molecule has 4 aromatic rings. The monoisotopic (exact) mass is 513 g/mol. The van der Waals surface area contributed by atoms with Gasteiger partial charge < -0.3 is 23.7 Å². The van der Waals surface area contributed by atoms with E-state index in [4.69, 9.17) is 18.6 Å². The Bertz CT molecular complexity index is 1530. The van der Waals surface area contributed by atoms with Crippen LogP contribution in [0.1, 0.15) is 23.7 Å². The van der Waals surface area contributed by atoms with Crippen molar-refractivity contribution in [3.63, 3.8) is 0 Å². The fraction of sp³-hybridized carbons (Fsp3) is 0.333. The van der Waals surface area contributed by atoms with Gasteiger partial charge in [0, 0.05) is 12.0 Å². The minimum atomic E-state index is -1.30. The van der Waals surface area contributed by atoms with Gasteiger partial charge in [0.25, 0.3) is 5.56 Å². The summed E-state index contributed by atoms with van der Waals surface area (Å²) in [5.41, 5.74) is -0.203. The average molecular weight is 514 g/mol. The van der Waals surface area contributed by atoms with E-state index >= 15 is 0 Å². The zero-order valence-corrected chi connectivity index (χ0v) is 20.3. The van der Waals surface area contributed by atoms with E-state index in [-0.39, 0.29) is 11.9 Å². The number of aryl methyl sites for hydroxylation is 1. The van der Waals surface area contributed by atoms with Gasteiger partial charge in [0.05, 0.1) is 36.7 Å². The van der Waals surface area contributed by atoms with Crippen LogP contribution in [0.4, 0.5) is 0 Å². The predicted molar refractivity (Wildman–Crippen MR) is 129 cm³/mol. The number of hydrogen-bond donors (Lipinski definition) is 1. The number of ether oxygens (including phenoxy) is 3. The first-order valence-corrected chi connectivity index (χ1v) is 12.0. The summed E-state index contributed by atoms with van der Waals surface area (Å²) in [5, 5.41) is 9.63. The van der Waals surface area contributed by atoms with Gasteiger partial charge in [-0.05, 0) is 18.6 Å². The van der Waals surface area contributed by atoms with Gasteiger partial charge in [-0.3, -0.25) is 14.2 Å². The SMILES string of the molecule is COc1ccccc1[C@H](Cn1c(=O)n(CC(=O)O)c(=O)c2c(C)c(-c3ncco3)sc21)OC1CCO1. The van der Waals surface area contributed by atoms with Gasteiger partial charge in [-0.2, -0.15) is 0 Å². The predicted octanol–water partition coefficient (Wildman–Crippen LogP) is 2.79. The van der Waals surface area contributed by atoms with Crippen LogP contribution in [-0.2, 0) is 27.4 Å². The normalized spacial score (nSPS) is 16.1. The number of carboxylic acids is 1. The molecule has 1 saturated heterocycles. The van der Waals surface area contributed by atoms with E-state index in [1.54, 1.807) is 20.1 Å².